The number of carboxylic acid groups (broad SMARTS) is 1. The predicted molar refractivity (Wildman–Crippen MR) is 64.3 cm³/mol. The number of fused-ring (bicyclic) bond motifs is 1. The Morgan fingerprint density at radius 1 is 1.44 bits per heavy atom. The summed E-state index contributed by atoms with van der Waals surface area (Å²) in [7, 11) is 1.94. The van der Waals surface area contributed by atoms with Gasteiger partial charge in [-0.05, 0) is 24.6 Å². The van der Waals surface area contributed by atoms with E-state index in [0.29, 0.717) is 0 Å². The molecule has 0 fully saturated rings. The molecule has 3 heteroatoms. The summed E-state index contributed by atoms with van der Waals surface area (Å²) in [4.78, 5) is 10.5. The smallest absolute Gasteiger partial charge is 0.328 e. The van der Waals surface area contributed by atoms with Crippen LogP contribution in [0.15, 0.2) is 30.3 Å². The Labute approximate surface area is 93.6 Å². The molecule has 1 aromatic carbocycles. The van der Waals surface area contributed by atoms with Gasteiger partial charge in [0.25, 0.3) is 0 Å². The van der Waals surface area contributed by atoms with Crippen molar-refractivity contribution in [3.63, 3.8) is 0 Å². The number of nitrogens with zero attached hydrogens (tertiary/aromatic N) is 1. The van der Waals surface area contributed by atoms with E-state index in [1.54, 1.807) is 6.08 Å². The first-order valence-corrected chi connectivity index (χ1v) is 5.05. The third-order valence-electron chi connectivity index (χ3n) is 2.69. The van der Waals surface area contributed by atoms with Crippen molar-refractivity contribution in [1.29, 1.82) is 0 Å². The van der Waals surface area contributed by atoms with Gasteiger partial charge in [-0.1, -0.05) is 18.2 Å². The third-order valence-corrected chi connectivity index (χ3v) is 2.69. The average Bonchev–Trinajstić information content (AvgIpc) is 2.54. The summed E-state index contributed by atoms with van der Waals surface area (Å²) in [5.41, 5.74) is 3.23. The van der Waals surface area contributed by atoms with Gasteiger partial charge >= 0.3 is 5.97 Å². The summed E-state index contributed by atoms with van der Waals surface area (Å²) in [6.45, 7) is 2.05. The zero-order chi connectivity index (χ0) is 11.7. The Kier molecular flexibility index (Phi) is 2.52. The number of aryl methyl sites for hydroxylation is 2. The zero-order valence-electron chi connectivity index (χ0n) is 9.27. The van der Waals surface area contributed by atoms with Crippen LogP contribution in [0.5, 0.6) is 0 Å². The fraction of sp³-hybridized carbons (Fsp3) is 0.154. The average molecular weight is 215 g/mol. The maximum Gasteiger partial charge on any atom is 0.328 e. The van der Waals surface area contributed by atoms with E-state index >= 15 is 0 Å². The highest BCUT2D eigenvalue weighted by atomic mass is 16.4. The van der Waals surface area contributed by atoms with Gasteiger partial charge < -0.3 is 9.67 Å². The molecule has 0 aliphatic carbocycles. The van der Waals surface area contributed by atoms with Gasteiger partial charge in [-0.25, -0.2) is 4.79 Å². The second-order valence-electron chi connectivity index (χ2n) is 3.81. The zero-order valence-corrected chi connectivity index (χ0v) is 9.27. The molecule has 0 unspecified atom stereocenters. The quantitative estimate of drug-likeness (QED) is 0.782. The molecule has 0 bridgehead atoms. The van der Waals surface area contributed by atoms with Gasteiger partial charge in [-0.15, -0.1) is 0 Å². The van der Waals surface area contributed by atoms with Gasteiger partial charge in [0, 0.05) is 24.2 Å². The Bertz CT molecular complexity index is 579. The number of carboxylic acids is 1. The fourth-order valence-corrected chi connectivity index (χ4v) is 1.96. The van der Waals surface area contributed by atoms with Crippen LogP contribution in [0.2, 0.25) is 0 Å². The highest BCUT2D eigenvalue weighted by molar-refractivity contribution is 5.89. The lowest BCUT2D eigenvalue weighted by Crippen LogP contribution is -1.93. The molecule has 1 aromatic heterocycles. The first-order valence-electron chi connectivity index (χ1n) is 5.05. The van der Waals surface area contributed by atoms with Crippen LogP contribution in [-0.4, -0.2) is 15.6 Å². The normalized spacial score (nSPS) is 11.4. The molecule has 82 valence electrons. The van der Waals surface area contributed by atoms with Crippen LogP contribution >= 0.6 is 0 Å². The number of para-hydroxylation sites is 1. The van der Waals surface area contributed by atoms with E-state index < -0.39 is 5.97 Å². The monoisotopic (exact) mass is 215 g/mol. The van der Waals surface area contributed by atoms with E-state index in [1.807, 2.05) is 42.8 Å². The van der Waals surface area contributed by atoms with Gasteiger partial charge in [-0.2, -0.15) is 0 Å². The van der Waals surface area contributed by atoms with E-state index in [4.69, 9.17) is 5.11 Å². The molecule has 16 heavy (non-hydrogen) atoms. The van der Waals surface area contributed by atoms with Crippen LogP contribution in [-0.2, 0) is 11.8 Å². The molecule has 0 atom stereocenters. The van der Waals surface area contributed by atoms with E-state index in [1.165, 1.54) is 5.56 Å². The molecular formula is C13H13NO2. The first kappa shape index (κ1) is 10.5. The van der Waals surface area contributed by atoms with Gasteiger partial charge in [0.2, 0.25) is 0 Å². The number of aromatic nitrogens is 1. The molecule has 2 rings (SSSR count). The molecule has 0 radical (unpaired) electrons. The molecule has 1 heterocycles. The Morgan fingerprint density at radius 2 is 2.19 bits per heavy atom. The number of hydrogen-bond acceptors (Lipinski definition) is 1. The van der Waals surface area contributed by atoms with Crippen molar-refractivity contribution in [2.75, 3.05) is 0 Å². The second kappa shape index (κ2) is 3.85. The van der Waals surface area contributed by atoms with Crippen LogP contribution in [0.3, 0.4) is 0 Å². The van der Waals surface area contributed by atoms with E-state index in [-0.39, 0.29) is 0 Å². The second-order valence-corrected chi connectivity index (χ2v) is 3.81. The van der Waals surface area contributed by atoms with Gasteiger partial charge in [0.05, 0.1) is 5.52 Å². The minimum absolute atomic E-state index is 0.895. The van der Waals surface area contributed by atoms with Gasteiger partial charge in [0.15, 0.2) is 0 Å². The lowest BCUT2D eigenvalue weighted by Gasteiger charge is -2.02. The van der Waals surface area contributed by atoms with Crippen LogP contribution in [0.25, 0.3) is 17.0 Å². The highest BCUT2D eigenvalue weighted by Gasteiger charge is 2.05. The molecule has 0 saturated heterocycles. The topological polar surface area (TPSA) is 42.2 Å². The Morgan fingerprint density at radius 3 is 2.81 bits per heavy atom. The number of hydrogen-bond donors (Lipinski definition) is 1. The summed E-state index contributed by atoms with van der Waals surface area (Å²) in [5, 5.41) is 9.73. The van der Waals surface area contributed by atoms with E-state index in [2.05, 4.69) is 0 Å². The summed E-state index contributed by atoms with van der Waals surface area (Å²) >= 11 is 0. The molecule has 0 amide bonds. The molecule has 2 aromatic rings. The minimum atomic E-state index is -0.929. The lowest BCUT2D eigenvalue weighted by molar-refractivity contribution is -0.131. The van der Waals surface area contributed by atoms with Crippen molar-refractivity contribution < 1.29 is 9.90 Å². The molecular weight excluding hydrogens is 202 g/mol. The largest absolute Gasteiger partial charge is 0.478 e. The van der Waals surface area contributed by atoms with Crippen LogP contribution in [0, 0.1) is 6.92 Å². The Balaban J connectivity index is 2.61. The predicted octanol–water partition coefficient (Wildman–Crippen LogP) is 2.58. The lowest BCUT2D eigenvalue weighted by atomic mass is 10.2. The number of rotatable bonds is 2. The molecule has 0 spiro atoms. The third kappa shape index (κ3) is 1.72. The molecule has 3 nitrogen and oxygen atoms in total. The fourth-order valence-electron chi connectivity index (χ4n) is 1.96. The number of carbonyl (C=O) groups is 1. The Hall–Kier alpha value is -2.03. The molecule has 0 aliphatic heterocycles. The van der Waals surface area contributed by atoms with Crippen molar-refractivity contribution in [2.24, 2.45) is 7.05 Å². The van der Waals surface area contributed by atoms with Gasteiger partial charge in [0.1, 0.15) is 0 Å². The molecule has 0 saturated carbocycles. The maximum absolute atomic E-state index is 10.5. The van der Waals surface area contributed by atoms with Crippen molar-refractivity contribution in [3.8, 4) is 0 Å². The summed E-state index contributed by atoms with van der Waals surface area (Å²) in [6, 6.07) is 8.07. The summed E-state index contributed by atoms with van der Waals surface area (Å²) in [5.74, 6) is -0.929. The molecule has 1 N–H and O–H groups in total. The standard InChI is InChI=1S/C13H13NO2/c1-9-4-3-5-10-8-11(6-7-12(15)16)14(2)13(9)10/h3-8H,1-2H3,(H,15,16)/b7-6+. The van der Waals surface area contributed by atoms with Crippen molar-refractivity contribution in [3.05, 3.63) is 41.6 Å². The van der Waals surface area contributed by atoms with Crippen LogP contribution in [0.4, 0.5) is 0 Å². The van der Waals surface area contributed by atoms with Crippen molar-refractivity contribution in [2.45, 2.75) is 6.92 Å². The van der Waals surface area contributed by atoms with Crippen LogP contribution in [0.1, 0.15) is 11.3 Å². The summed E-state index contributed by atoms with van der Waals surface area (Å²) < 4.78 is 2.00. The van der Waals surface area contributed by atoms with Gasteiger partial charge in [-0.3, -0.25) is 0 Å². The molecule has 0 aliphatic rings. The highest BCUT2D eigenvalue weighted by Crippen LogP contribution is 2.22. The van der Waals surface area contributed by atoms with Crippen molar-refractivity contribution in [1.82, 2.24) is 4.57 Å². The minimum Gasteiger partial charge on any atom is -0.478 e. The summed E-state index contributed by atoms with van der Waals surface area (Å²) in [6.07, 6.45) is 2.77. The number of benzene rings is 1. The SMILES string of the molecule is Cc1cccc2cc(/C=C/C(=O)O)n(C)c12. The van der Waals surface area contributed by atoms with Crippen LogP contribution < -0.4 is 0 Å². The first-order chi connectivity index (χ1) is 7.59. The van der Waals surface area contributed by atoms with Crippen molar-refractivity contribution >= 4 is 22.9 Å². The van der Waals surface area contributed by atoms with E-state index in [9.17, 15) is 4.79 Å². The maximum atomic E-state index is 10.5. The van der Waals surface area contributed by atoms with E-state index in [0.717, 1.165) is 22.7 Å². The number of aliphatic carboxylic acids is 1.